The van der Waals surface area contributed by atoms with Crippen molar-refractivity contribution in [1.82, 2.24) is 48.9 Å². The predicted molar refractivity (Wildman–Crippen MR) is 235 cm³/mol. The first-order valence-corrected chi connectivity index (χ1v) is 23.0. The number of aromatic amines is 2. The number of nitrogens with zero attached hydrogens (tertiary/aromatic N) is 8. The lowest BCUT2D eigenvalue weighted by Crippen LogP contribution is -2.56. The third-order valence-corrected chi connectivity index (χ3v) is 13.6. The van der Waals surface area contributed by atoms with Crippen molar-refractivity contribution in [3.8, 4) is 33.9 Å². The zero-order chi connectivity index (χ0) is 43.7. The van der Waals surface area contributed by atoms with Gasteiger partial charge in [0.2, 0.25) is 15.9 Å². The van der Waals surface area contributed by atoms with E-state index in [-0.39, 0.29) is 44.3 Å². The monoisotopic (exact) mass is 870 g/mol. The predicted octanol–water partition coefficient (Wildman–Crippen LogP) is 6.35. The second-order valence-corrected chi connectivity index (χ2v) is 18.5. The molecule has 3 aliphatic rings. The van der Waals surface area contributed by atoms with Crippen LogP contribution in [-0.4, -0.2) is 122 Å². The van der Waals surface area contributed by atoms with E-state index in [1.165, 1.54) is 10.6 Å². The van der Waals surface area contributed by atoms with Crippen molar-refractivity contribution in [2.45, 2.75) is 56.1 Å². The molecule has 6 heterocycles. The number of imidazole rings is 2. The van der Waals surface area contributed by atoms with Crippen molar-refractivity contribution in [2.75, 3.05) is 46.6 Å². The van der Waals surface area contributed by atoms with Gasteiger partial charge < -0.3 is 24.3 Å². The van der Waals surface area contributed by atoms with Crippen molar-refractivity contribution in [2.24, 2.45) is 0 Å². The fraction of sp³-hybridized carbons (Fsp3) is 0.348. The highest BCUT2D eigenvalue weighted by Crippen LogP contribution is 2.44. The Kier molecular flexibility index (Phi) is 11.7. The largest absolute Gasteiger partial charge is 0.444 e. The lowest BCUT2D eigenvalue weighted by atomic mass is 10.00. The quantitative estimate of drug-likeness (QED) is 0.148. The molecule has 326 valence electrons. The molecule has 3 atom stereocenters. The van der Waals surface area contributed by atoms with Crippen molar-refractivity contribution >= 4 is 22.0 Å². The molecule has 0 aliphatic carbocycles. The Hall–Kier alpha value is -6.27. The van der Waals surface area contributed by atoms with Gasteiger partial charge in [0.25, 0.3) is 0 Å². The van der Waals surface area contributed by atoms with Crippen LogP contribution in [0.15, 0.2) is 110 Å². The smallest absolute Gasteiger partial charge is 0.413 e. The van der Waals surface area contributed by atoms with Crippen LogP contribution in [-0.2, 0) is 30.9 Å². The number of amides is 2. The van der Waals surface area contributed by atoms with Crippen molar-refractivity contribution in [3.05, 3.63) is 132 Å². The van der Waals surface area contributed by atoms with E-state index in [1.54, 1.807) is 23.5 Å². The molecule has 3 aliphatic heterocycles. The summed E-state index contributed by atoms with van der Waals surface area (Å²) >= 11 is 0. The van der Waals surface area contributed by atoms with Crippen LogP contribution in [0.1, 0.15) is 66.6 Å². The first-order chi connectivity index (χ1) is 30.5. The molecule has 3 fully saturated rings. The van der Waals surface area contributed by atoms with Gasteiger partial charge >= 0.3 is 6.09 Å². The molecule has 3 unspecified atom stereocenters. The van der Waals surface area contributed by atoms with Crippen molar-refractivity contribution in [3.63, 3.8) is 0 Å². The van der Waals surface area contributed by atoms with Gasteiger partial charge in [0.1, 0.15) is 36.1 Å². The number of aromatic nitrogens is 6. The maximum Gasteiger partial charge on any atom is 0.413 e. The van der Waals surface area contributed by atoms with E-state index in [0.29, 0.717) is 42.3 Å². The zero-order valence-corrected chi connectivity index (χ0v) is 36.2. The number of piperidine rings is 1. The summed E-state index contributed by atoms with van der Waals surface area (Å²) in [5, 5.41) is 0. The van der Waals surface area contributed by atoms with Gasteiger partial charge in [-0.25, -0.2) is 37.5 Å². The van der Waals surface area contributed by atoms with E-state index in [0.717, 1.165) is 46.6 Å². The topological polar surface area (TPSA) is 183 Å². The molecule has 63 heavy (non-hydrogen) atoms. The van der Waals surface area contributed by atoms with Crippen molar-refractivity contribution in [1.29, 1.82) is 0 Å². The molecule has 9 rings (SSSR count). The molecule has 3 aromatic heterocycles. The van der Waals surface area contributed by atoms with Crippen LogP contribution < -0.4 is 0 Å². The summed E-state index contributed by atoms with van der Waals surface area (Å²) in [7, 11) is 0.472. The van der Waals surface area contributed by atoms with Gasteiger partial charge in [-0.1, -0.05) is 84.9 Å². The Labute approximate surface area is 366 Å². The van der Waals surface area contributed by atoms with Gasteiger partial charge in [-0.05, 0) is 43.6 Å². The van der Waals surface area contributed by atoms with Crippen LogP contribution in [0.5, 0.6) is 0 Å². The molecule has 0 bridgehead atoms. The van der Waals surface area contributed by atoms with Gasteiger partial charge in [-0.2, -0.15) is 0 Å². The fourth-order valence-electron chi connectivity index (χ4n) is 8.99. The molecule has 2 N–H and O–H groups in total. The minimum absolute atomic E-state index is 0.0701. The van der Waals surface area contributed by atoms with Crippen LogP contribution in [0.25, 0.3) is 33.9 Å². The molecule has 3 saturated heterocycles. The number of likely N-dealkylation sites (N-methyl/N-ethyl adjacent to an activating group) is 1. The number of hydrogen-bond acceptors (Lipinski definition) is 11. The maximum atomic E-state index is 13.9. The number of ether oxygens (including phenoxy) is 2. The number of H-pyrrole nitrogens is 2. The van der Waals surface area contributed by atoms with Crippen LogP contribution in [0, 0.1) is 0 Å². The Morgan fingerprint density at radius 1 is 0.794 bits per heavy atom. The summed E-state index contributed by atoms with van der Waals surface area (Å²) in [6.45, 7) is 1.34. The molecular weight excluding hydrogens is 821 g/mol. The van der Waals surface area contributed by atoms with E-state index in [1.807, 2.05) is 115 Å². The molecule has 16 nitrogen and oxygen atoms in total. The second-order valence-electron chi connectivity index (χ2n) is 16.5. The Morgan fingerprint density at radius 2 is 1.40 bits per heavy atom. The number of carbonyl (C=O) groups is 2. The molecule has 17 heteroatoms. The molecule has 3 aromatic carbocycles. The molecular formula is C46H50N10O6S. The van der Waals surface area contributed by atoms with Gasteiger partial charge in [0, 0.05) is 56.0 Å². The first-order valence-electron chi connectivity index (χ1n) is 21.1. The Bertz CT molecular complexity index is 2650. The van der Waals surface area contributed by atoms with Gasteiger partial charge in [-0.3, -0.25) is 14.6 Å². The minimum atomic E-state index is -3.40. The molecule has 1 spiro atoms. The third-order valence-electron chi connectivity index (χ3n) is 12.3. The highest BCUT2D eigenvalue weighted by molar-refractivity contribution is 7.88. The summed E-state index contributed by atoms with van der Waals surface area (Å²) in [6.07, 6.45) is 9.90. The van der Waals surface area contributed by atoms with Crippen LogP contribution in [0.2, 0.25) is 0 Å². The molecule has 0 radical (unpaired) electrons. The third kappa shape index (κ3) is 8.61. The summed E-state index contributed by atoms with van der Waals surface area (Å²) < 4.78 is 38.2. The van der Waals surface area contributed by atoms with Crippen LogP contribution >= 0.6 is 0 Å². The lowest BCUT2D eigenvalue weighted by molar-refractivity contribution is -0.137. The van der Waals surface area contributed by atoms with E-state index in [4.69, 9.17) is 14.5 Å². The number of sulfonamides is 1. The minimum Gasteiger partial charge on any atom is -0.444 e. The summed E-state index contributed by atoms with van der Waals surface area (Å²) in [4.78, 5) is 59.0. The van der Waals surface area contributed by atoms with E-state index >= 15 is 0 Å². The zero-order valence-electron chi connectivity index (χ0n) is 35.4. The highest BCUT2D eigenvalue weighted by atomic mass is 32.2. The number of nitrogens with one attached hydrogen (secondary N) is 2. The van der Waals surface area contributed by atoms with Crippen LogP contribution in [0.3, 0.4) is 0 Å². The summed E-state index contributed by atoms with van der Waals surface area (Å²) in [5.74, 6) is 1.89. The Balaban J connectivity index is 0.876. The fourth-order valence-corrected chi connectivity index (χ4v) is 9.83. The maximum absolute atomic E-state index is 13.9. The Morgan fingerprint density at radius 3 is 2.03 bits per heavy atom. The average molecular weight is 871 g/mol. The normalized spacial score (nSPS) is 19.5. The van der Waals surface area contributed by atoms with Crippen molar-refractivity contribution < 1.29 is 27.5 Å². The molecule has 2 amide bonds. The molecule has 6 aromatic rings. The van der Waals surface area contributed by atoms with E-state index in [9.17, 15) is 18.0 Å². The van der Waals surface area contributed by atoms with Gasteiger partial charge in [-0.15, -0.1) is 0 Å². The van der Waals surface area contributed by atoms with Gasteiger partial charge in [0.15, 0.2) is 5.82 Å². The number of likely N-dealkylation sites (tertiary alicyclic amines) is 1. The number of hydrogen-bond donors (Lipinski definition) is 2. The van der Waals surface area contributed by atoms with Crippen LogP contribution in [0.4, 0.5) is 4.79 Å². The second kappa shape index (κ2) is 17.5. The SMILES string of the molecule is CN(C)C(C(=O)N1CCCC1c1ncc(-c2ccc(-c3ncc(-c4cnc(C5COC6(CCN(S(C)(=O)=O)CC6)N5C(=O)OCc5ccccc5)[nH]4)cn3)cc2)[nH]1)c1ccccc1. The number of carbonyl (C=O) groups excluding carboxylic acids is 2. The highest BCUT2D eigenvalue weighted by Gasteiger charge is 2.54. The van der Waals surface area contributed by atoms with Gasteiger partial charge in [0.05, 0.1) is 42.7 Å². The number of benzene rings is 3. The van der Waals surface area contributed by atoms with E-state index < -0.39 is 27.9 Å². The number of rotatable bonds is 11. The first kappa shape index (κ1) is 42.1. The summed E-state index contributed by atoms with van der Waals surface area (Å²) in [6, 6.07) is 26.1. The molecule has 0 saturated carbocycles. The summed E-state index contributed by atoms with van der Waals surface area (Å²) in [5.41, 5.74) is 4.75. The van der Waals surface area contributed by atoms with E-state index in [2.05, 4.69) is 24.9 Å². The lowest BCUT2D eigenvalue weighted by Gasteiger charge is -2.43. The average Bonchev–Trinajstić information content (AvgIpc) is 4.14. The standard InChI is InChI=1S/C46H50N10O6S/c1-53(2)40(33-13-8-5-9-14-33)44(57)55-22-10-15-38(55)42-49-27-36(51-42)32-16-18-34(19-17-32)41-47-25-35(26-48-41)37-28-50-43(52-37)39-30-62-46(20-23-54(24-21-46)63(3,59)60)56(39)45(58)61-29-31-11-6-4-7-12-31/h4-9,11-14,16-19,25-28,38-40H,10,15,20-24,29-30H2,1-3H3,(H,49,51)(H,50,52).